The van der Waals surface area contributed by atoms with E-state index in [9.17, 15) is 4.39 Å². The molecular formula is C14H20FN3. The van der Waals surface area contributed by atoms with E-state index in [1.807, 2.05) is 20.8 Å². The van der Waals surface area contributed by atoms with E-state index in [0.29, 0.717) is 0 Å². The highest BCUT2D eigenvalue weighted by atomic mass is 19.1. The van der Waals surface area contributed by atoms with E-state index >= 15 is 0 Å². The number of aromatic nitrogens is 2. The molecule has 2 N–H and O–H groups in total. The maximum atomic E-state index is 13.3. The van der Waals surface area contributed by atoms with Crippen molar-refractivity contribution in [3.05, 3.63) is 29.8 Å². The van der Waals surface area contributed by atoms with Crippen LogP contribution in [0, 0.1) is 5.82 Å². The quantitative estimate of drug-likeness (QED) is 0.905. The van der Waals surface area contributed by atoms with Crippen LogP contribution in [-0.2, 0) is 13.0 Å². The molecule has 3 nitrogen and oxygen atoms in total. The van der Waals surface area contributed by atoms with Gasteiger partial charge in [-0.2, -0.15) is 0 Å². The molecule has 0 saturated carbocycles. The van der Waals surface area contributed by atoms with Crippen LogP contribution in [0.3, 0.4) is 0 Å². The Hall–Kier alpha value is -1.42. The van der Waals surface area contributed by atoms with Crippen LogP contribution >= 0.6 is 0 Å². The second-order valence-corrected chi connectivity index (χ2v) is 5.39. The highest BCUT2D eigenvalue weighted by molar-refractivity contribution is 5.76. The van der Waals surface area contributed by atoms with Crippen LogP contribution in [0.2, 0.25) is 0 Å². The smallest absolute Gasteiger partial charge is 0.125 e. The third-order valence-corrected chi connectivity index (χ3v) is 3.10. The molecule has 98 valence electrons. The summed E-state index contributed by atoms with van der Waals surface area (Å²) in [6.07, 6.45) is 1.67. The number of rotatable bonds is 4. The molecule has 0 amide bonds. The summed E-state index contributed by atoms with van der Waals surface area (Å²) in [5, 5.41) is 0. The number of hydrogen-bond donors (Lipinski definition) is 1. The first kappa shape index (κ1) is 13.0. The zero-order chi connectivity index (χ0) is 13.3. The number of imidazole rings is 1. The van der Waals surface area contributed by atoms with Gasteiger partial charge in [0, 0.05) is 18.5 Å². The lowest BCUT2D eigenvalue weighted by Crippen LogP contribution is -2.32. The fourth-order valence-corrected chi connectivity index (χ4v) is 2.12. The third-order valence-electron chi connectivity index (χ3n) is 3.10. The van der Waals surface area contributed by atoms with Gasteiger partial charge in [0.25, 0.3) is 0 Å². The summed E-state index contributed by atoms with van der Waals surface area (Å²) in [6.45, 7) is 6.85. The maximum Gasteiger partial charge on any atom is 0.125 e. The number of hydrogen-bond acceptors (Lipinski definition) is 2. The number of fused-ring (bicyclic) bond motifs is 1. The number of aryl methyl sites for hydroxylation is 2. The molecule has 0 unspecified atom stereocenters. The Morgan fingerprint density at radius 2 is 2.11 bits per heavy atom. The molecule has 0 fully saturated rings. The van der Waals surface area contributed by atoms with Crippen LogP contribution in [0.4, 0.5) is 4.39 Å². The maximum absolute atomic E-state index is 13.3. The Morgan fingerprint density at radius 3 is 2.72 bits per heavy atom. The van der Waals surface area contributed by atoms with E-state index in [0.717, 1.165) is 36.2 Å². The summed E-state index contributed by atoms with van der Waals surface area (Å²) >= 11 is 0. The van der Waals surface area contributed by atoms with E-state index in [2.05, 4.69) is 9.55 Å². The normalized spacial score (nSPS) is 12.3. The van der Waals surface area contributed by atoms with Gasteiger partial charge in [0.1, 0.15) is 11.6 Å². The molecule has 1 heterocycles. The minimum Gasteiger partial charge on any atom is -0.328 e. The lowest BCUT2D eigenvalue weighted by molar-refractivity contribution is 0.466. The summed E-state index contributed by atoms with van der Waals surface area (Å²) in [5.41, 5.74) is 7.50. The van der Waals surface area contributed by atoms with Crippen molar-refractivity contribution < 1.29 is 4.39 Å². The zero-order valence-electron chi connectivity index (χ0n) is 11.2. The summed E-state index contributed by atoms with van der Waals surface area (Å²) in [5.74, 6) is 0.763. The van der Waals surface area contributed by atoms with Gasteiger partial charge >= 0.3 is 0 Å². The van der Waals surface area contributed by atoms with Crippen molar-refractivity contribution in [1.82, 2.24) is 9.55 Å². The van der Waals surface area contributed by atoms with Crippen LogP contribution < -0.4 is 5.73 Å². The summed E-state index contributed by atoms with van der Waals surface area (Å²) in [7, 11) is 0. The van der Waals surface area contributed by atoms with Crippen LogP contribution in [0.15, 0.2) is 18.2 Å². The molecule has 0 aliphatic rings. The highest BCUT2D eigenvalue weighted by Gasteiger charge is 2.15. The summed E-state index contributed by atoms with van der Waals surface area (Å²) in [4.78, 5) is 4.57. The number of halogens is 1. The van der Waals surface area contributed by atoms with Gasteiger partial charge in [-0.15, -0.1) is 0 Å². The van der Waals surface area contributed by atoms with Gasteiger partial charge in [-0.3, -0.25) is 0 Å². The van der Waals surface area contributed by atoms with Crippen LogP contribution in [0.1, 0.15) is 33.0 Å². The molecule has 0 spiro atoms. The molecule has 0 aliphatic heterocycles. The number of benzene rings is 1. The van der Waals surface area contributed by atoms with Gasteiger partial charge in [-0.25, -0.2) is 9.37 Å². The second kappa shape index (κ2) is 4.69. The first-order chi connectivity index (χ1) is 8.40. The largest absolute Gasteiger partial charge is 0.328 e. The predicted octanol–water partition coefficient (Wildman–Crippen LogP) is 2.87. The lowest BCUT2D eigenvalue weighted by atomic mass is 10.00. The Balaban J connectivity index is 2.38. The Kier molecular flexibility index (Phi) is 3.39. The van der Waals surface area contributed by atoms with Crippen molar-refractivity contribution in [2.24, 2.45) is 5.73 Å². The molecule has 18 heavy (non-hydrogen) atoms. The van der Waals surface area contributed by atoms with Crippen LogP contribution in [0.5, 0.6) is 0 Å². The number of nitrogens with zero attached hydrogens (tertiary/aromatic N) is 2. The van der Waals surface area contributed by atoms with Crippen LogP contribution in [0.25, 0.3) is 11.0 Å². The van der Waals surface area contributed by atoms with Crippen molar-refractivity contribution >= 4 is 11.0 Å². The van der Waals surface area contributed by atoms with Crippen molar-refractivity contribution in [3.8, 4) is 0 Å². The monoisotopic (exact) mass is 249 g/mol. The minimum atomic E-state index is -0.220. The van der Waals surface area contributed by atoms with Gasteiger partial charge in [-0.1, -0.05) is 0 Å². The van der Waals surface area contributed by atoms with E-state index in [4.69, 9.17) is 5.73 Å². The molecule has 0 radical (unpaired) electrons. The van der Waals surface area contributed by atoms with Crippen molar-refractivity contribution in [2.45, 2.75) is 45.7 Å². The molecule has 0 saturated heterocycles. The Bertz CT molecular complexity index is 552. The topological polar surface area (TPSA) is 43.8 Å². The van der Waals surface area contributed by atoms with E-state index in [1.165, 1.54) is 6.07 Å². The molecule has 1 aromatic heterocycles. The molecule has 0 aliphatic carbocycles. The van der Waals surface area contributed by atoms with Crippen LogP contribution in [-0.4, -0.2) is 15.1 Å². The molecule has 4 heteroatoms. The Morgan fingerprint density at radius 1 is 1.39 bits per heavy atom. The lowest BCUT2D eigenvalue weighted by Gasteiger charge is -2.18. The summed E-state index contributed by atoms with van der Waals surface area (Å²) in [6, 6.07) is 4.73. The van der Waals surface area contributed by atoms with Gasteiger partial charge < -0.3 is 10.3 Å². The van der Waals surface area contributed by atoms with Gasteiger partial charge in [-0.05, 0) is 45.4 Å². The fourth-order valence-electron chi connectivity index (χ4n) is 2.12. The first-order valence-electron chi connectivity index (χ1n) is 6.34. The average Bonchev–Trinajstić information content (AvgIpc) is 2.62. The van der Waals surface area contributed by atoms with E-state index in [1.54, 1.807) is 12.1 Å². The molecular weight excluding hydrogens is 229 g/mol. The second-order valence-electron chi connectivity index (χ2n) is 5.39. The van der Waals surface area contributed by atoms with Crippen molar-refractivity contribution in [2.75, 3.05) is 0 Å². The van der Waals surface area contributed by atoms with Crippen molar-refractivity contribution in [3.63, 3.8) is 0 Å². The SMILES string of the molecule is CCn1c(CCC(C)(C)N)nc2ccc(F)cc21. The number of nitrogens with two attached hydrogens (primary N) is 1. The predicted molar refractivity (Wildman–Crippen MR) is 72.0 cm³/mol. The van der Waals surface area contributed by atoms with Gasteiger partial charge in [0.05, 0.1) is 11.0 Å². The van der Waals surface area contributed by atoms with Gasteiger partial charge in [0.2, 0.25) is 0 Å². The minimum absolute atomic E-state index is 0.206. The standard InChI is InChI=1S/C14H20FN3/c1-4-18-12-9-10(15)5-6-11(12)17-13(18)7-8-14(2,3)16/h5-6,9H,4,7-8,16H2,1-3H3. The molecule has 0 bridgehead atoms. The first-order valence-corrected chi connectivity index (χ1v) is 6.34. The molecule has 2 aromatic rings. The fraction of sp³-hybridized carbons (Fsp3) is 0.500. The average molecular weight is 249 g/mol. The van der Waals surface area contributed by atoms with Gasteiger partial charge in [0.15, 0.2) is 0 Å². The molecule has 0 atom stereocenters. The molecule has 2 rings (SSSR count). The van der Waals surface area contributed by atoms with Crippen molar-refractivity contribution in [1.29, 1.82) is 0 Å². The highest BCUT2D eigenvalue weighted by Crippen LogP contribution is 2.20. The zero-order valence-corrected chi connectivity index (χ0v) is 11.2. The summed E-state index contributed by atoms with van der Waals surface area (Å²) < 4.78 is 15.3. The molecule has 1 aromatic carbocycles. The third kappa shape index (κ3) is 2.70. The Labute approximate surface area is 107 Å². The van der Waals surface area contributed by atoms with E-state index in [-0.39, 0.29) is 11.4 Å². The van der Waals surface area contributed by atoms with E-state index < -0.39 is 0 Å².